The van der Waals surface area contributed by atoms with Gasteiger partial charge < -0.3 is 10.1 Å². The van der Waals surface area contributed by atoms with Crippen molar-refractivity contribution in [2.45, 2.75) is 77.2 Å². The van der Waals surface area contributed by atoms with Crippen molar-refractivity contribution in [1.82, 2.24) is 5.32 Å². The summed E-state index contributed by atoms with van der Waals surface area (Å²) in [6.07, 6.45) is 12.3. The molecule has 0 aliphatic heterocycles. The third-order valence-electron chi connectivity index (χ3n) is 4.51. The molecule has 0 aromatic heterocycles. The molecule has 1 N–H and O–H groups in total. The summed E-state index contributed by atoms with van der Waals surface area (Å²) in [5.74, 6) is -0.479. The van der Waals surface area contributed by atoms with Crippen molar-refractivity contribution >= 4 is 11.9 Å². The summed E-state index contributed by atoms with van der Waals surface area (Å²) >= 11 is 0. The van der Waals surface area contributed by atoms with Crippen molar-refractivity contribution in [3.05, 3.63) is 48.6 Å². The first-order chi connectivity index (χ1) is 13.1. The molecule has 1 aromatic rings. The molecule has 0 saturated heterocycles. The first kappa shape index (κ1) is 22.9. The van der Waals surface area contributed by atoms with Gasteiger partial charge in [-0.05, 0) is 38.2 Å². The number of nitrogens with one attached hydrogen (secondary N) is 1. The van der Waals surface area contributed by atoms with E-state index in [0.717, 1.165) is 24.8 Å². The van der Waals surface area contributed by atoms with E-state index in [1.54, 1.807) is 6.92 Å². The minimum atomic E-state index is -0.599. The van der Waals surface area contributed by atoms with E-state index in [0.29, 0.717) is 19.4 Å². The van der Waals surface area contributed by atoms with Gasteiger partial charge in [0.2, 0.25) is 5.91 Å². The second kappa shape index (κ2) is 15.0. The molecule has 0 saturated carbocycles. The molecule has 1 unspecified atom stereocenters. The Kier molecular flexibility index (Phi) is 12.7. The van der Waals surface area contributed by atoms with Crippen molar-refractivity contribution < 1.29 is 14.3 Å². The van der Waals surface area contributed by atoms with Gasteiger partial charge in [-0.15, -0.1) is 6.58 Å². The number of rotatable bonds is 15. The van der Waals surface area contributed by atoms with Crippen LogP contribution < -0.4 is 5.32 Å². The Morgan fingerprint density at radius 1 is 1.04 bits per heavy atom. The molecule has 4 nitrogen and oxygen atoms in total. The van der Waals surface area contributed by atoms with Crippen LogP contribution in [-0.4, -0.2) is 24.5 Å². The van der Waals surface area contributed by atoms with E-state index in [2.05, 4.69) is 11.9 Å². The Bertz CT molecular complexity index is 542. The van der Waals surface area contributed by atoms with Crippen LogP contribution in [0.1, 0.15) is 70.3 Å². The van der Waals surface area contributed by atoms with Gasteiger partial charge in [-0.1, -0.05) is 68.5 Å². The van der Waals surface area contributed by atoms with E-state index in [4.69, 9.17) is 4.74 Å². The molecule has 150 valence electrons. The van der Waals surface area contributed by atoms with Gasteiger partial charge in [0, 0.05) is 6.42 Å². The molecule has 0 radical (unpaired) electrons. The largest absolute Gasteiger partial charge is 0.464 e. The summed E-state index contributed by atoms with van der Waals surface area (Å²) in [6.45, 7) is 5.83. The molecule has 0 aliphatic carbocycles. The Morgan fingerprint density at radius 2 is 1.67 bits per heavy atom. The van der Waals surface area contributed by atoms with Gasteiger partial charge in [0.25, 0.3) is 0 Å². The summed E-state index contributed by atoms with van der Waals surface area (Å²) < 4.78 is 5.26. The predicted molar refractivity (Wildman–Crippen MR) is 110 cm³/mol. The summed E-state index contributed by atoms with van der Waals surface area (Å²) in [4.78, 5) is 23.9. The summed E-state index contributed by atoms with van der Waals surface area (Å²) in [5, 5.41) is 2.71. The Balaban J connectivity index is 2.02. The average molecular weight is 374 g/mol. The molecule has 0 aliphatic rings. The van der Waals surface area contributed by atoms with Gasteiger partial charge in [0.15, 0.2) is 0 Å². The summed E-state index contributed by atoms with van der Waals surface area (Å²) in [6, 6.07) is 9.25. The summed E-state index contributed by atoms with van der Waals surface area (Å²) in [7, 11) is 0. The van der Waals surface area contributed by atoms with Crippen molar-refractivity contribution in [2.75, 3.05) is 6.61 Å². The zero-order chi connectivity index (χ0) is 19.7. The molecular formula is C23H35NO3. The fourth-order valence-corrected chi connectivity index (χ4v) is 2.85. The zero-order valence-electron chi connectivity index (χ0n) is 16.8. The Morgan fingerprint density at radius 3 is 2.33 bits per heavy atom. The van der Waals surface area contributed by atoms with Crippen molar-refractivity contribution in [3.8, 4) is 0 Å². The third-order valence-corrected chi connectivity index (χ3v) is 4.51. The molecule has 0 heterocycles. The lowest BCUT2D eigenvalue weighted by molar-refractivity contribution is -0.147. The monoisotopic (exact) mass is 373 g/mol. The average Bonchev–Trinajstić information content (AvgIpc) is 2.68. The van der Waals surface area contributed by atoms with E-state index in [1.807, 2.05) is 36.4 Å². The maximum absolute atomic E-state index is 11.9. The smallest absolute Gasteiger partial charge is 0.328 e. The predicted octanol–water partition coefficient (Wildman–Crippen LogP) is 4.97. The number of aryl methyl sites for hydroxylation is 1. The Hall–Kier alpha value is -2.10. The van der Waals surface area contributed by atoms with E-state index in [-0.39, 0.29) is 11.9 Å². The number of esters is 1. The summed E-state index contributed by atoms with van der Waals surface area (Å²) in [5.41, 5.74) is 1.11. The first-order valence-corrected chi connectivity index (χ1v) is 10.2. The van der Waals surface area contributed by atoms with Crippen LogP contribution in [0, 0.1) is 0 Å². The van der Waals surface area contributed by atoms with E-state index >= 15 is 0 Å². The fraction of sp³-hybridized carbons (Fsp3) is 0.565. The SMILES string of the molecule is C=CCCCCCCCCCOC(=O)C(C)NC(=O)CCc1ccccc1. The lowest BCUT2D eigenvalue weighted by Crippen LogP contribution is -2.39. The maximum atomic E-state index is 11.9. The molecule has 1 amide bonds. The molecule has 0 spiro atoms. The Labute approximate surface area is 164 Å². The van der Waals surface area contributed by atoms with Crippen LogP contribution in [-0.2, 0) is 20.7 Å². The van der Waals surface area contributed by atoms with Crippen molar-refractivity contribution in [3.63, 3.8) is 0 Å². The van der Waals surface area contributed by atoms with Gasteiger partial charge >= 0.3 is 5.97 Å². The van der Waals surface area contributed by atoms with E-state index in [9.17, 15) is 9.59 Å². The number of amides is 1. The fourth-order valence-electron chi connectivity index (χ4n) is 2.85. The number of ether oxygens (including phenoxy) is 1. The van der Waals surface area contributed by atoms with Crippen LogP contribution in [0.3, 0.4) is 0 Å². The second-order valence-corrected chi connectivity index (χ2v) is 6.99. The second-order valence-electron chi connectivity index (χ2n) is 6.99. The number of benzene rings is 1. The molecule has 0 fully saturated rings. The zero-order valence-corrected chi connectivity index (χ0v) is 16.8. The topological polar surface area (TPSA) is 55.4 Å². The van der Waals surface area contributed by atoms with E-state index in [1.165, 1.54) is 32.1 Å². The lowest BCUT2D eigenvalue weighted by atomic mass is 10.1. The highest BCUT2D eigenvalue weighted by molar-refractivity contribution is 5.84. The minimum Gasteiger partial charge on any atom is -0.464 e. The van der Waals surface area contributed by atoms with Crippen LogP contribution in [0.5, 0.6) is 0 Å². The molecular weight excluding hydrogens is 338 g/mol. The molecule has 0 bridgehead atoms. The van der Waals surface area contributed by atoms with Gasteiger partial charge in [0.05, 0.1) is 6.61 Å². The van der Waals surface area contributed by atoms with E-state index < -0.39 is 6.04 Å². The van der Waals surface area contributed by atoms with Crippen LogP contribution >= 0.6 is 0 Å². The van der Waals surface area contributed by atoms with Crippen LogP contribution in [0.4, 0.5) is 0 Å². The number of unbranched alkanes of at least 4 members (excludes halogenated alkanes) is 7. The third kappa shape index (κ3) is 12.0. The number of carbonyl (C=O) groups is 2. The minimum absolute atomic E-state index is 0.125. The van der Waals surface area contributed by atoms with Crippen LogP contribution in [0.25, 0.3) is 0 Å². The first-order valence-electron chi connectivity index (χ1n) is 10.2. The number of carbonyl (C=O) groups excluding carboxylic acids is 2. The standard InChI is InChI=1S/C23H35NO3/c1-3-4-5-6-7-8-9-10-14-19-27-23(26)20(2)24-22(25)18-17-21-15-12-11-13-16-21/h3,11-13,15-16,20H,1,4-10,14,17-19H2,2H3,(H,24,25). The quantitative estimate of drug-likeness (QED) is 0.268. The molecule has 27 heavy (non-hydrogen) atoms. The van der Waals surface area contributed by atoms with Gasteiger partial charge in [-0.25, -0.2) is 4.79 Å². The molecule has 4 heteroatoms. The van der Waals surface area contributed by atoms with Crippen LogP contribution in [0.15, 0.2) is 43.0 Å². The maximum Gasteiger partial charge on any atom is 0.328 e. The van der Waals surface area contributed by atoms with Crippen LogP contribution in [0.2, 0.25) is 0 Å². The highest BCUT2D eigenvalue weighted by Gasteiger charge is 2.16. The molecule has 1 rings (SSSR count). The lowest BCUT2D eigenvalue weighted by Gasteiger charge is -2.13. The van der Waals surface area contributed by atoms with Crippen molar-refractivity contribution in [2.24, 2.45) is 0 Å². The molecule has 1 aromatic carbocycles. The van der Waals surface area contributed by atoms with Gasteiger partial charge in [0.1, 0.15) is 6.04 Å². The molecule has 1 atom stereocenters. The number of allylic oxidation sites excluding steroid dienone is 1. The van der Waals surface area contributed by atoms with Gasteiger partial charge in [-0.3, -0.25) is 4.79 Å². The number of hydrogen-bond donors (Lipinski definition) is 1. The number of hydrogen-bond acceptors (Lipinski definition) is 3. The highest BCUT2D eigenvalue weighted by atomic mass is 16.5. The van der Waals surface area contributed by atoms with Crippen molar-refractivity contribution in [1.29, 1.82) is 0 Å². The highest BCUT2D eigenvalue weighted by Crippen LogP contribution is 2.09. The van der Waals surface area contributed by atoms with Gasteiger partial charge in [-0.2, -0.15) is 0 Å². The normalized spacial score (nSPS) is 11.6.